The molecule has 4 heteroatoms. The van der Waals surface area contributed by atoms with Gasteiger partial charge in [0.05, 0.1) is 5.30 Å². The van der Waals surface area contributed by atoms with Crippen molar-refractivity contribution in [1.29, 1.82) is 0 Å². The summed E-state index contributed by atoms with van der Waals surface area (Å²) in [7, 11) is -3.36. The molecule has 0 aliphatic rings. The van der Waals surface area contributed by atoms with E-state index in [9.17, 15) is 4.57 Å². The molecule has 0 heterocycles. The summed E-state index contributed by atoms with van der Waals surface area (Å²) in [6.45, 7) is 0.445. The molecule has 0 saturated carbocycles. The third-order valence-corrected chi connectivity index (χ3v) is 6.64. The maximum Gasteiger partial charge on any atom is 0.347 e. The molecule has 144 valence electrons. The van der Waals surface area contributed by atoms with Crippen molar-refractivity contribution < 1.29 is 9.09 Å². The van der Waals surface area contributed by atoms with Gasteiger partial charge in [0.25, 0.3) is 0 Å². The van der Waals surface area contributed by atoms with Gasteiger partial charge in [-0.1, -0.05) is 97.1 Å². The Morgan fingerprint density at radius 2 is 1.21 bits per heavy atom. The van der Waals surface area contributed by atoms with E-state index in [0.717, 1.165) is 16.7 Å². The minimum absolute atomic E-state index is 0.445. The van der Waals surface area contributed by atoms with E-state index in [1.807, 2.05) is 115 Å². The van der Waals surface area contributed by atoms with Crippen LogP contribution in [-0.2, 0) is 11.1 Å². The fourth-order valence-electron chi connectivity index (χ4n) is 3.13. The van der Waals surface area contributed by atoms with Crippen molar-refractivity contribution >= 4 is 12.8 Å². The van der Waals surface area contributed by atoms with E-state index >= 15 is 0 Å². The first kappa shape index (κ1) is 19.2. The van der Waals surface area contributed by atoms with E-state index in [-0.39, 0.29) is 0 Å². The van der Waals surface area contributed by atoms with Gasteiger partial charge in [-0.25, -0.2) is 5.09 Å². The zero-order chi connectivity index (χ0) is 19.9. The van der Waals surface area contributed by atoms with Gasteiger partial charge >= 0.3 is 7.52 Å². The second-order valence-electron chi connectivity index (χ2n) is 6.66. The molecule has 0 fully saturated rings. The fourth-order valence-corrected chi connectivity index (χ4v) is 4.88. The molecule has 1 atom stereocenters. The summed E-state index contributed by atoms with van der Waals surface area (Å²) in [4.78, 5) is 0. The number of benzene rings is 4. The van der Waals surface area contributed by atoms with Crippen molar-refractivity contribution in [2.75, 3.05) is 0 Å². The van der Waals surface area contributed by atoms with Gasteiger partial charge < -0.3 is 4.52 Å². The topological polar surface area (TPSA) is 38.3 Å². The minimum Gasteiger partial charge on any atom is -0.429 e. The summed E-state index contributed by atoms with van der Waals surface area (Å²) < 4.78 is 20.2. The van der Waals surface area contributed by atoms with Crippen LogP contribution in [0, 0.1) is 0 Å². The summed E-state index contributed by atoms with van der Waals surface area (Å²) in [6.07, 6.45) is 0. The summed E-state index contributed by atoms with van der Waals surface area (Å²) in [6, 6.07) is 36.9. The molecule has 0 aliphatic heterocycles. The summed E-state index contributed by atoms with van der Waals surface area (Å²) in [5.74, 6) is 0.589. The molecule has 4 rings (SSSR count). The van der Waals surface area contributed by atoms with Gasteiger partial charge in [-0.05, 0) is 29.3 Å². The average molecular weight is 399 g/mol. The lowest BCUT2D eigenvalue weighted by molar-refractivity contribution is 0.478. The van der Waals surface area contributed by atoms with Crippen molar-refractivity contribution in [3.8, 4) is 16.9 Å². The SMILES string of the molecule is O=P(NCc1ccccc1)(Oc1ccccc1-c1ccccc1)c1ccccc1. The van der Waals surface area contributed by atoms with Crippen molar-refractivity contribution in [2.24, 2.45) is 0 Å². The molecule has 1 N–H and O–H groups in total. The Labute approximate surface area is 171 Å². The van der Waals surface area contributed by atoms with Crippen molar-refractivity contribution in [2.45, 2.75) is 6.54 Å². The normalized spacial score (nSPS) is 12.8. The Kier molecular flexibility index (Phi) is 5.90. The quantitative estimate of drug-likeness (QED) is 0.385. The molecule has 0 amide bonds. The van der Waals surface area contributed by atoms with Gasteiger partial charge in [0.2, 0.25) is 0 Å². The predicted molar refractivity (Wildman–Crippen MR) is 119 cm³/mol. The van der Waals surface area contributed by atoms with Crippen molar-refractivity contribution in [3.05, 3.63) is 121 Å². The highest BCUT2D eigenvalue weighted by molar-refractivity contribution is 7.65. The second-order valence-corrected chi connectivity index (χ2v) is 8.78. The van der Waals surface area contributed by atoms with E-state index in [0.29, 0.717) is 17.6 Å². The Hall–Kier alpha value is -3.13. The molecule has 0 aliphatic carbocycles. The highest BCUT2D eigenvalue weighted by Gasteiger charge is 2.28. The van der Waals surface area contributed by atoms with Crippen LogP contribution in [0.1, 0.15) is 5.56 Å². The number of rotatable bonds is 7. The largest absolute Gasteiger partial charge is 0.429 e. The Bertz CT molecular complexity index is 1100. The zero-order valence-corrected chi connectivity index (χ0v) is 16.8. The first-order valence-corrected chi connectivity index (χ1v) is 11.2. The molecular formula is C25H22NO2P. The molecule has 3 nitrogen and oxygen atoms in total. The van der Waals surface area contributed by atoms with Crippen LogP contribution in [0.15, 0.2) is 115 Å². The van der Waals surface area contributed by atoms with Crippen LogP contribution in [0.3, 0.4) is 0 Å². The summed E-state index contributed by atoms with van der Waals surface area (Å²) >= 11 is 0. The molecule has 0 saturated heterocycles. The van der Waals surface area contributed by atoms with Gasteiger partial charge in [-0.15, -0.1) is 0 Å². The summed E-state index contributed by atoms with van der Waals surface area (Å²) in [5.41, 5.74) is 2.97. The van der Waals surface area contributed by atoms with Crippen LogP contribution in [-0.4, -0.2) is 0 Å². The number of para-hydroxylation sites is 1. The lowest BCUT2D eigenvalue weighted by atomic mass is 10.1. The van der Waals surface area contributed by atoms with Gasteiger partial charge in [-0.3, -0.25) is 4.57 Å². The third-order valence-electron chi connectivity index (χ3n) is 4.63. The minimum atomic E-state index is -3.36. The Balaban J connectivity index is 1.69. The van der Waals surface area contributed by atoms with Crippen LogP contribution in [0.5, 0.6) is 5.75 Å². The fraction of sp³-hybridized carbons (Fsp3) is 0.0400. The maximum absolute atomic E-state index is 14.0. The molecule has 0 bridgehead atoms. The summed E-state index contributed by atoms with van der Waals surface area (Å²) in [5, 5.41) is 3.83. The van der Waals surface area contributed by atoms with E-state index in [2.05, 4.69) is 5.09 Å². The van der Waals surface area contributed by atoms with E-state index in [4.69, 9.17) is 4.52 Å². The average Bonchev–Trinajstić information content (AvgIpc) is 2.80. The smallest absolute Gasteiger partial charge is 0.347 e. The molecule has 0 aromatic heterocycles. The molecule has 4 aromatic carbocycles. The molecule has 0 spiro atoms. The van der Waals surface area contributed by atoms with Gasteiger partial charge in [0.15, 0.2) is 0 Å². The lowest BCUT2D eigenvalue weighted by Crippen LogP contribution is -2.23. The third kappa shape index (κ3) is 4.65. The first-order valence-electron chi connectivity index (χ1n) is 9.53. The molecule has 4 aromatic rings. The van der Waals surface area contributed by atoms with E-state index < -0.39 is 7.52 Å². The highest BCUT2D eigenvalue weighted by Crippen LogP contribution is 2.45. The number of hydrogen-bond donors (Lipinski definition) is 1. The van der Waals surface area contributed by atoms with Gasteiger partial charge in [0.1, 0.15) is 5.75 Å². The van der Waals surface area contributed by atoms with Gasteiger partial charge in [-0.2, -0.15) is 0 Å². The molecule has 1 unspecified atom stereocenters. The monoisotopic (exact) mass is 399 g/mol. The lowest BCUT2D eigenvalue weighted by Gasteiger charge is -2.22. The highest BCUT2D eigenvalue weighted by atomic mass is 31.2. The van der Waals surface area contributed by atoms with Crippen molar-refractivity contribution in [1.82, 2.24) is 5.09 Å². The number of hydrogen-bond acceptors (Lipinski definition) is 2. The maximum atomic E-state index is 14.0. The van der Waals surface area contributed by atoms with E-state index in [1.165, 1.54) is 0 Å². The number of nitrogens with one attached hydrogen (secondary N) is 1. The first-order chi connectivity index (χ1) is 14.2. The molecule has 29 heavy (non-hydrogen) atoms. The Morgan fingerprint density at radius 1 is 0.655 bits per heavy atom. The van der Waals surface area contributed by atoms with Crippen LogP contribution in [0.2, 0.25) is 0 Å². The van der Waals surface area contributed by atoms with E-state index in [1.54, 1.807) is 0 Å². The van der Waals surface area contributed by atoms with Crippen LogP contribution in [0.25, 0.3) is 11.1 Å². The van der Waals surface area contributed by atoms with Gasteiger partial charge in [0, 0.05) is 12.1 Å². The zero-order valence-electron chi connectivity index (χ0n) is 15.9. The van der Waals surface area contributed by atoms with Crippen LogP contribution in [0.4, 0.5) is 0 Å². The molecule has 0 radical (unpaired) electrons. The van der Waals surface area contributed by atoms with Crippen molar-refractivity contribution in [3.63, 3.8) is 0 Å². The molecular weight excluding hydrogens is 377 g/mol. The predicted octanol–water partition coefficient (Wildman–Crippen LogP) is 6.04. The van der Waals surface area contributed by atoms with Crippen LogP contribution >= 0.6 is 7.52 Å². The van der Waals surface area contributed by atoms with Crippen LogP contribution < -0.4 is 14.9 Å². The Morgan fingerprint density at radius 3 is 1.90 bits per heavy atom. The second kappa shape index (κ2) is 8.91. The standard InChI is InChI=1S/C25H22NO2P/c27-29(23-16-8-3-9-17-23,26-20-21-12-4-1-5-13-21)28-25-19-11-10-18-24(25)22-14-6-2-7-15-22/h1-19H,20H2,(H,26,27).